The summed E-state index contributed by atoms with van der Waals surface area (Å²) in [6, 6.07) is 0. The number of carbonyl (C=O) groups excluding carboxylic acids is 1. The Morgan fingerprint density at radius 2 is 1.67 bits per heavy atom. The first-order chi connectivity index (χ1) is 12.8. The zero-order chi connectivity index (χ0) is 19.6. The van der Waals surface area contributed by atoms with E-state index in [-0.39, 0.29) is 43.8 Å². The number of thioether (sulfide) groups is 1. The average Bonchev–Trinajstić information content (AvgIpc) is 2.91. The fraction of sp³-hybridized carbons (Fsp3) is 0.471. The van der Waals surface area contributed by atoms with Gasteiger partial charge < -0.3 is 19.9 Å². The van der Waals surface area contributed by atoms with Crippen LogP contribution in [0.15, 0.2) is 10.6 Å². The van der Waals surface area contributed by atoms with Gasteiger partial charge in [0.15, 0.2) is 17.1 Å². The van der Waals surface area contributed by atoms with Gasteiger partial charge in [-0.1, -0.05) is 58.2 Å². The van der Waals surface area contributed by atoms with Crippen LogP contribution in [0.1, 0.15) is 32.6 Å². The van der Waals surface area contributed by atoms with Crippen molar-refractivity contribution >= 4 is 64.1 Å². The normalized spacial score (nSPS) is 28.6. The number of fused-ring (bicyclic) bond motifs is 1. The van der Waals surface area contributed by atoms with E-state index >= 15 is 0 Å². The number of hydrogen-bond acceptors (Lipinski definition) is 6. The molecule has 1 fully saturated rings. The Morgan fingerprint density at radius 3 is 2.30 bits per heavy atom. The third-order valence-electron chi connectivity index (χ3n) is 5.03. The van der Waals surface area contributed by atoms with E-state index in [0.717, 1.165) is 12.8 Å². The molecule has 27 heavy (non-hydrogen) atoms. The molecule has 146 valence electrons. The minimum Gasteiger partial charge on any atom is -0.471 e. The molecule has 1 saturated carbocycles. The molecule has 2 N–H and O–H groups in total. The quantitative estimate of drug-likeness (QED) is 0.346. The largest absolute Gasteiger partial charge is 0.471 e. The van der Waals surface area contributed by atoms with Gasteiger partial charge in [-0.15, -0.1) is 0 Å². The molecule has 1 aromatic carbocycles. The summed E-state index contributed by atoms with van der Waals surface area (Å²) in [6.07, 6.45) is 2.82. The van der Waals surface area contributed by atoms with E-state index in [9.17, 15) is 4.79 Å². The van der Waals surface area contributed by atoms with Gasteiger partial charge in [-0.3, -0.25) is 0 Å². The Bertz CT molecular complexity index is 892. The maximum absolute atomic E-state index is 12.7. The van der Waals surface area contributed by atoms with Crippen molar-refractivity contribution in [2.24, 2.45) is 5.73 Å². The Morgan fingerprint density at radius 1 is 1.07 bits per heavy atom. The number of benzene rings is 1. The molecule has 0 bridgehead atoms. The average molecular weight is 471 g/mol. The highest BCUT2D eigenvalue weighted by Crippen LogP contribution is 2.66. The summed E-state index contributed by atoms with van der Waals surface area (Å²) in [7, 11) is 0. The molecule has 0 saturated heterocycles. The number of esters is 1. The molecular formula is C17H15Cl4NO4S. The van der Waals surface area contributed by atoms with E-state index in [1.807, 2.05) is 0 Å². The zero-order valence-electron chi connectivity index (χ0n) is 14.2. The lowest BCUT2D eigenvalue weighted by Gasteiger charge is -2.51. The molecule has 4 rings (SSSR count). The highest BCUT2D eigenvalue weighted by molar-refractivity contribution is 8.04. The summed E-state index contributed by atoms with van der Waals surface area (Å²) in [4.78, 5) is 11.8. The van der Waals surface area contributed by atoms with Crippen LogP contribution in [0.3, 0.4) is 0 Å². The number of ether oxygens (including phenoxy) is 3. The molecule has 0 amide bonds. The van der Waals surface area contributed by atoms with E-state index in [4.69, 9.17) is 66.3 Å². The summed E-state index contributed by atoms with van der Waals surface area (Å²) in [5.74, 6) is -0.162. The molecule has 1 aromatic rings. The molecule has 2 atom stereocenters. The minimum absolute atomic E-state index is 0.0608. The first-order valence-electron chi connectivity index (χ1n) is 8.38. The summed E-state index contributed by atoms with van der Waals surface area (Å²) in [5, 5.41) is 0.643. The molecule has 1 aliphatic carbocycles. The number of hydrogen-bond donors (Lipinski definition) is 1. The molecule has 3 aliphatic rings. The number of halogens is 4. The van der Waals surface area contributed by atoms with Crippen molar-refractivity contribution in [3.63, 3.8) is 0 Å². The van der Waals surface area contributed by atoms with Crippen molar-refractivity contribution in [1.29, 1.82) is 0 Å². The van der Waals surface area contributed by atoms with E-state index in [1.54, 1.807) is 6.92 Å². The van der Waals surface area contributed by atoms with Crippen LogP contribution in [-0.2, 0) is 9.53 Å². The lowest BCUT2D eigenvalue weighted by atomic mass is 9.75. The van der Waals surface area contributed by atoms with Gasteiger partial charge in [-0.25, -0.2) is 4.79 Å². The van der Waals surface area contributed by atoms with Crippen LogP contribution >= 0.6 is 58.2 Å². The second kappa shape index (κ2) is 6.70. The third kappa shape index (κ3) is 2.57. The Kier molecular flexibility index (Phi) is 4.87. The number of carbonyl (C=O) groups is 1. The lowest BCUT2D eigenvalue weighted by molar-refractivity contribution is -0.146. The monoisotopic (exact) mass is 469 g/mol. The predicted octanol–water partition coefficient (Wildman–Crippen LogP) is 5.56. The maximum Gasteiger partial charge on any atom is 0.340 e. The van der Waals surface area contributed by atoms with Crippen molar-refractivity contribution in [2.75, 3.05) is 6.61 Å². The first-order valence-corrected chi connectivity index (χ1v) is 10.7. The van der Waals surface area contributed by atoms with E-state index in [0.29, 0.717) is 17.9 Å². The molecule has 0 radical (unpaired) electrons. The van der Waals surface area contributed by atoms with Crippen LogP contribution < -0.4 is 15.2 Å². The van der Waals surface area contributed by atoms with Crippen LogP contribution in [0.2, 0.25) is 20.1 Å². The Hall–Kier alpha value is -0.660. The van der Waals surface area contributed by atoms with E-state index < -0.39 is 16.5 Å². The van der Waals surface area contributed by atoms with Crippen molar-refractivity contribution in [3.8, 4) is 11.5 Å². The molecule has 0 aromatic heterocycles. The second-order valence-electron chi connectivity index (χ2n) is 6.47. The summed E-state index contributed by atoms with van der Waals surface area (Å²) in [6.45, 7) is 1.95. The van der Waals surface area contributed by atoms with Crippen LogP contribution in [-0.4, -0.2) is 23.1 Å². The lowest BCUT2D eigenvalue weighted by Crippen LogP contribution is -2.62. The van der Waals surface area contributed by atoms with Gasteiger partial charge in [0.2, 0.25) is 4.93 Å². The standard InChI is InChI=1S/C17H15Cl4NO4S/c1-2-24-15(23)7-14(22)27-17-6-4-3-5-16(7,17)25-12-10(20)8(18)9(19)11(21)13(12)26-17/h2-6,22H2,1H3/t16-,17-/m0/s1. The van der Waals surface area contributed by atoms with Crippen LogP contribution in [0.25, 0.3) is 0 Å². The minimum atomic E-state index is -1.14. The highest BCUT2D eigenvalue weighted by atomic mass is 35.5. The Balaban J connectivity index is 1.94. The van der Waals surface area contributed by atoms with Crippen LogP contribution in [0.4, 0.5) is 0 Å². The van der Waals surface area contributed by atoms with Gasteiger partial charge in [0.1, 0.15) is 15.6 Å². The predicted molar refractivity (Wildman–Crippen MR) is 107 cm³/mol. The fourth-order valence-electron chi connectivity index (χ4n) is 3.92. The number of nitrogens with two attached hydrogens (primary N) is 1. The smallest absolute Gasteiger partial charge is 0.340 e. The van der Waals surface area contributed by atoms with Crippen molar-refractivity contribution in [3.05, 3.63) is 30.7 Å². The molecule has 5 nitrogen and oxygen atoms in total. The van der Waals surface area contributed by atoms with Gasteiger partial charge in [-0.2, -0.15) is 0 Å². The third-order valence-corrected chi connectivity index (χ3v) is 8.17. The van der Waals surface area contributed by atoms with Crippen molar-refractivity contribution < 1.29 is 19.0 Å². The number of rotatable bonds is 2. The van der Waals surface area contributed by atoms with Crippen molar-refractivity contribution in [1.82, 2.24) is 0 Å². The van der Waals surface area contributed by atoms with Gasteiger partial charge in [-0.05, 0) is 26.2 Å². The van der Waals surface area contributed by atoms with Gasteiger partial charge in [0, 0.05) is 6.42 Å². The molecule has 2 heterocycles. The molecule has 10 heteroatoms. The molecule has 0 spiro atoms. The van der Waals surface area contributed by atoms with E-state index in [2.05, 4.69) is 0 Å². The topological polar surface area (TPSA) is 70.8 Å². The van der Waals surface area contributed by atoms with Gasteiger partial charge >= 0.3 is 5.97 Å². The van der Waals surface area contributed by atoms with E-state index in [1.165, 1.54) is 11.8 Å². The van der Waals surface area contributed by atoms with Gasteiger partial charge in [0.05, 0.1) is 21.7 Å². The van der Waals surface area contributed by atoms with Crippen molar-refractivity contribution in [2.45, 2.75) is 43.1 Å². The molecular weight excluding hydrogens is 456 g/mol. The highest BCUT2D eigenvalue weighted by Gasteiger charge is 2.69. The fourth-order valence-corrected chi connectivity index (χ4v) is 6.30. The Labute approximate surface area is 180 Å². The second-order valence-corrected chi connectivity index (χ2v) is 9.28. The molecule has 2 aliphatic heterocycles. The SMILES string of the molecule is CCOC(=O)C1=C(N)S[C@@]23CCCC[C@]12Oc1c(Cl)c(Cl)c(Cl)c(Cl)c1O3. The maximum atomic E-state index is 12.7. The van der Waals surface area contributed by atoms with Gasteiger partial charge in [0.25, 0.3) is 0 Å². The molecule has 0 unspecified atom stereocenters. The summed E-state index contributed by atoms with van der Waals surface area (Å²) >= 11 is 26.4. The summed E-state index contributed by atoms with van der Waals surface area (Å²) in [5.41, 5.74) is 5.38. The summed E-state index contributed by atoms with van der Waals surface area (Å²) < 4.78 is 18.0. The van der Waals surface area contributed by atoms with Crippen LogP contribution in [0.5, 0.6) is 11.5 Å². The van der Waals surface area contributed by atoms with Crippen LogP contribution in [0, 0.1) is 0 Å². The zero-order valence-corrected chi connectivity index (χ0v) is 18.0. The first kappa shape index (κ1) is 19.6.